The first-order valence-electron chi connectivity index (χ1n) is 8.56. The van der Waals surface area contributed by atoms with Gasteiger partial charge in [-0.1, -0.05) is 6.07 Å². The molecular weight excluding hydrogens is 395 g/mol. The second kappa shape index (κ2) is 7.59. The van der Waals surface area contributed by atoms with E-state index in [0.29, 0.717) is 18.9 Å². The van der Waals surface area contributed by atoms with Crippen molar-refractivity contribution in [1.29, 1.82) is 0 Å². The number of ether oxygens (including phenoxy) is 1. The van der Waals surface area contributed by atoms with Gasteiger partial charge in [0.2, 0.25) is 10.0 Å². The number of hydrogen-bond donors (Lipinski definition) is 0. The maximum atomic E-state index is 13.0. The van der Waals surface area contributed by atoms with Crippen LogP contribution in [0.5, 0.6) is 5.75 Å². The molecule has 6 nitrogen and oxygen atoms in total. The number of rotatable bonds is 4. The van der Waals surface area contributed by atoms with E-state index in [0.717, 1.165) is 17.8 Å². The summed E-state index contributed by atoms with van der Waals surface area (Å²) in [6.45, 7) is 2.84. The van der Waals surface area contributed by atoms with Crippen molar-refractivity contribution in [2.24, 2.45) is 0 Å². The lowest BCUT2D eigenvalue weighted by molar-refractivity contribution is -0.137. The summed E-state index contributed by atoms with van der Waals surface area (Å²) in [6, 6.07) is 7.23. The van der Waals surface area contributed by atoms with Crippen LogP contribution in [0.2, 0.25) is 0 Å². The molecule has 1 fully saturated rings. The molecule has 0 radical (unpaired) electrons. The first-order chi connectivity index (χ1) is 13.1. The molecule has 10 heteroatoms. The van der Waals surface area contributed by atoms with Gasteiger partial charge in [-0.05, 0) is 36.8 Å². The van der Waals surface area contributed by atoms with Gasteiger partial charge in [0.15, 0.2) is 0 Å². The Bertz CT molecular complexity index is 939. The molecule has 1 aromatic carbocycles. The number of piperazine rings is 1. The summed E-state index contributed by atoms with van der Waals surface area (Å²) in [7, 11) is -2.33. The number of nitrogens with zero attached hydrogens (tertiary/aromatic N) is 3. The van der Waals surface area contributed by atoms with E-state index in [1.807, 2.05) is 0 Å². The van der Waals surface area contributed by atoms with Crippen LogP contribution >= 0.6 is 0 Å². The molecule has 2 aromatic rings. The van der Waals surface area contributed by atoms with Crippen LogP contribution in [0.3, 0.4) is 0 Å². The molecule has 0 unspecified atom stereocenters. The molecular formula is C18H20F3N3O3S. The van der Waals surface area contributed by atoms with Crippen molar-refractivity contribution in [3.8, 4) is 5.75 Å². The molecule has 1 aromatic heterocycles. The molecule has 1 saturated heterocycles. The number of halogens is 3. The molecule has 3 rings (SSSR count). The van der Waals surface area contributed by atoms with Crippen LogP contribution < -0.4 is 9.64 Å². The van der Waals surface area contributed by atoms with Gasteiger partial charge in [-0.2, -0.15) is 17.5 Å². The number of alkyl halides is 3. The van der Waals surface area contributed by atoms with Crippen molar-refractivity contribution in [2.75, 3.05) is 38.2 Å². The van der Waals surface area contributed by atoms with Crippen molar-refractivity contribution in [3.05, 3.63) is 47.7 Å². The molecule has 1 aliphatic heterocycles. The molecule has 0 spiro atoms. The third kappa shape index (κ3) is 4.07. The van der Waals surface area contributed by atoms with E-state index in [2.05, 4.69) is 4.98 Å². The number of hydrogen-bond acceptors (Lipinski definition) is 5. The normalized spacial score (nSPS) is 16.2. The van der Waals surface area contributed by atoms with Gasteiger partial charge in [0.1, 0.15) is 16.5 Å². The fraction of sp³-hybridized carbons (Fsp3) is 0.389. The van der Waals surface area contributed by atoms with Gasteiger partial charge >= 0.3 is 6.18 Å². The smallest absolute Gasteiger partial charge is 0.417 e. The lowest BCUT2D eigenvalue weighted by Crippen LogP contribution is -2.49. The second-order valence-electron chi connectivity index (χ2n) is 6.45. The Morgan fingerprint density at radius 1 is 1.07 bits per heavy atom. The summed E-state index contributed by atoms with van der Waals surface area (Å²) in [4.78, 5) is 5.74. The van der Waals surface area contributed by atoms with Crippen LogP contribution in [0, 0.1) is 6.92 Å². The van der Waals surface area contributed by atoms with Crippen molar-refractivity contribution < 1.29 is 26.3 Å². The van der Waals surface area contributed by atoms with E-state index in [9.17, 15) is 21.6 Å². The Labute approximate surface area is 161 Å². The minimum Gasteiger partial charge on any atom is -0.495 e. The summed E-state index contributed by atoms with van der Waals surface area (Å²) in [5.41, 5.74) is -0.0176. The number of pyridine rings is 1. The van der Waals surface area contributed by atoms with Crippen LogP contribution in [-0.2, 0) is 16.2 Å². The number of aromatic nitrogens is 1. The topological polar surface area (TPSA) is 62.7 Å². The van der Waals surface area contributed by atoms with Crippen molar-refractivity contribution in [2.45, 2.75) is 18.0 Å². The van der Waals surface area contributed by atoms with Crippen LogP contribution in [-0.4, -0.2) is 51.0 Å². The molecule has 2 heterocycles. The summed E-state index contributed by atoms with van der Waals surface area (Å²) >= 11 is 0. The minimum absolute atomic E-state index is 0.108. The van der Waals surface area contributed by atoms with E-state index in [-0.39, 0.29) is 23.7 Å². The maximum absolute atomic E-state index is 13.0. The van der Waals surface area contributed by atoms with Gasteiger partial charge in [0, 0.05) is 32.4 Å². The molecule has 0 bridgehead atoms. The number of anilines is 1. The summed E-state index contributed by atoms with van der Waals surface area (Å²) in [5.74, 6) is 0.663. The molecule has 28 heavy (non-hydrogen) atoms. The van der Waals surface area contributed by atoms with E-state index in [4.69, 9.17) is 4.74 Å². The summed E-state index contributed by atoms with van der Waals surface area (Å²) in [6.07, 6.45) is -3.65. The largest absolute Gasteiger partial charge is 0.495 e. The second-order valence-corrected chi connectivity index (χ2v) is 8.35. The Morgan fingerprint density at radius 3 is 2.29 bits per heavy atom. The van der Waals surface area contributed by atoms with E-state index < -0.39 is 21.8 Å². The fourth-order valence-corrected chi connectivity index (χ4v) is 4.69. The highest BCUT2D eigenvalue weighted by atomic mass is 32.2. The van der Waals surface area contributed by atoms with Gasteiger partial charge < -0.3 is 9.64 Å². The van der Waals surface area contributed by atoms with Gasteiger partial charge in [-0.3, -0.25) is 0 Å². The monoisotopic (exact) mass is 415 g/mol. The zero-order chi connectivity index (χ0) is 20.5. The standard InChI is InChI=1S/C18H20F3N3O3S/c1-13-3-5-15(27-2)16(11-13)28(25,26)24-9-7-23(8-10-24)17-6-4-14(12-22-17)18(19,20)21/h3-6,11-12H,7-10H2,1-2H3. The van der Waals surface area contributed by atoms with Crippen molar-refractivity contribution in [1.82, 2.24) is 9.29 Å². The molecule has 0 aliphatic carbocycles. The third-order valence-electron chi connectivity index (χ3n) is 4.57. The van der Waals surface area contributed by atoms with Gasteiger partial charge in [0.25, 0.3) is 0 Å². The third-order valence-corrected chi connectivity index (χ3v) is 6.49. The highest BCUT2D eigenvalue weighted by Crippen LogP contribution is 2.31. The van der Waals surface area contributed by atoms with E-state index >= 15 is 0 Å². The maximum Gasteiger partial charge on any atom is 0.417 e. The minimum atomic E-state index is -4.44. The zero-order valence-corrected chi connectivity index (χ0v) is 16.2. The van der Waals surface area contributed by atoms with Crippen LogP contribution in [0.1, 0.15) is 11.1 Å². The lowest BCUT2D eigenvalue weighted by atomic mass is 10.2. The average molecular weight is 415 g/mol. The molecule has 152 valence electrons. The first-order valence-corrected chi connectivity index (χ1v) is 10.00. The number of sulfonamides is 1. The number of aryl methyl sites for hydroxylation is 1. The zero-order valence-electron chi connectivity index (χ0n) is 15.4. The number of benzene rings is 1. The van der Waals surface area contributed by atoms with Crippen LogP contribution in [0.25, 0.3) is 0 Å². The SMILES string of the molecule is COc1ccc(C)cc1S(=O)(=O)N1CCN(c2ccc(C(F)(F)F)cn2)CC1. The van der Waals surface area contributed by atoms with E-state index in [1.54, 1.807) is 30.0 Å². The molecule has 0 atom stereocenters. The molecule has 0 amide bonds. The Hall–Kier alpha value is -2.33. The quantitative estimate of drug-likeness (QED) is 0.769. The highest BCUT2D eigenvalue weighted by Gasteiger charge is 2.33. The fourth-order valence-electron chi connectivity index (χ4n) is 3.02. The molecule has 0 N–H and O–H groups in total. The lowest BCUT2D eigenvalue weighted by Gasteiger charge is -2.35. The Morgan fingerprint density at radius 2 is 1.75 bits per heavy atom. The predicted octanol–water partition coefficient (Wildman–Crippen LogP) is 2.93. The predicted molar refractivity (Wildman–Crippen MR) is 97.9 cm³/mol. The van der Waals surface area contributed by atoms with Gasteiger partial charge in [-0.25, -0.2) is 13.4 Å². The van der Waals surface area contributed by atoms with Crippen LogP contribution in [0.15, 0.2) is 41.4 Å². The van der Waals surface area contributed by atoms with E-state index in [1.165, 1.54) is 17.5 Å². The van der Waals surface area contributed by atoms with Crippen molar-refractivity contribution in [3.63, 3.8) is 0 Å². The Balaban J connectivity index is 1.74. The van der Waals surface area contributed by atoms with Crippen LogP contribution in [0.4, 0.5) is 19.0 Å². The Kier molecular flexibility index (Phi) is 5.53. The highest BCUT2D eigenvalue weighted by molar-refractivity contribution is 7.89. The molecule has 0 saturated carbocycles. The average Bonchev–Trinajstić information content (AvgIpc) is 2.67. The first kappa shape index (κ1) is 20.4. The van der Waals surface area contributed by atoms with Gasteiger partial charge in [0.05, 0.1) is 12.7 Å². The summed E-state index contributed by atoms with van der Waals surface area (Å²) in [5, 5.41) is 0. The van der Waals surface area contributed by atoms with Crippen molar-refractivity contribution >= 4 is 15.8 Å². The van der Waals surface area contributed by atoms with Gasteiger partial charge in [-0.15, -0.1) is 0 Å². The number of methoxy groups -OCH3 is 1. The summed E-state index contributed by atoms with van der Waals surface area (Å²) < 4.78 is 70.5. The molecule has 1 aliphatic rings.